The first-order chi connectivity index (χ1) is 16.4. The fourth-order valence-corrected chi connectivity index (χ4v) is 4.24. The Balaban J connectivity index is 1.17. The number of aromatic amines is 1. The number of halogens is 3. The molecule has 9 heteroatoms. The van der Waals surface area contributed by atoms with E-state index in [-0.39, 0.29) is 5.75 Å². The maximum absolute atomic E-state index is 12.5. The number of hydrogen-bond acceptors (Lipinski definition) is 5. The summed E-state index contributed by atoms with van der Waals surface area (Å²) in [7, 11) is 0. The maximum atomic E-state index is 12.5. The molecule has 0 spiro atoms. The fraction of sp³-hybridized carbons (Fsp3) is 0.280. The number of fused-ring (bicyclic) bond motifs is 1. The van der Waals surface area contributed by atoms with Gasteiger partial charge in [-0.3, -0.25) is 14.8 Å². The Morgan fingerprint density at radius 1 is 0.853 bits per heavy atom. The number of ether oxygens (including phenoxy) is 1. The van der Waals surface area contributed by atoms with Crippen LogP contribution < -0.4 is 4.74 Å². The van der Waals surface area contributed by atoms with Crippen molar-refractivity contribution >= 4 is 11.0 Å². The summed E-state index contributed by atoms with van der Waals surface area (Å²) in [4.78, 5) is 17.0. The number of nitrogens with one attached hydrogen (secondary N) is 1. The van der Waals surface area contributed by atoms with Gasteiger partial charge in [0.1, 0.15) is 11.4 Å². The molecule has 4 aromatic rings. The molecule has 2 aromatic heterocycles. The lowest BCUT2D eigenvalue weighted by Gasteiger charge is -2.34. The van der Waals surface area contributed by atoms with Gasteiger partial charge < -0.3 is 9.72 Å². The first-order valence-corrected chi connectivity index (χ1v) is 11.1. The van der Waals surface area contributed by atoms with E-state index in [4.69, 9.17) is 4.98 Å². The average molecular weight is 467 g/mol. The summed E-state index contributed by atoms with van der Waals surface area (Å²) in [6.45, 7) is 4.88. The summed E-state index contributed by atoms with van der Waals surface area (Å²) in [5.41, 5.74) is 4.70. The number of benzene rings is 2. The maximum Gasteiger partial charge on any atom is 0.573 e. The third kappa shape index (κ3) is 5.55. The van der Waals surface area contributed by atoms with E-state index >= 15 is 0 Å². The van der Waals surface area contributed by atoms with Gasteiger partial charge in [0, 0.05) is 45.5 Å². The molecule has 1 saturated heterocycles. The molecule has 1 aliphatic heterocycles. The molecule has 0 amide bonds. The van der Waals surface area contributed by atoms with E-state index in [0.29, 0.717) is 6.54 Å². The smallest absolute Gasteiger partial charge is 0.406 e. The van der Waals surface area contributed by atoms with Crippen LogP contribution in [0.5, 0.6) is 5.75 Å². The number of piperazine rings is 1. The van der Waals surface area contributed by atoms with Gasteiger partial charge in [-0.2, -0.15) is 0 Å². The van der Waals surface area contributed by atoms with Crippen LogP contribution in [0.3, 0.4) is 0 Å². The van der Waals surface area contributed by atoms with Gasteiger partial charge in [0.15, 0.2) is 5.82 Å². The monoisotopic (exact) mass is 467 g/mol. The van der Waals surface area contributed by atoms with E-state index in [0.717, 1.165) is 60.8 Å². The first-order valence-electron chi connectivity index (χ1n) is 11.1. The van der Waals surface area contributed by atoms with Gasteiger partial charge in [-0.15, -0.1) is 13.2 Å². The quantitative estimate of drug-likeness (QED) is 0.440. The van der Waals surface area contributed by atoms with Crippen LogP contribution in [-0.2, 0) is 13.1 Å². The number of imidazole rings is 1. The Morgan fingerprint density at radius 3 is 2.26 bits per heavy atom. The number of aromatic nitrogens is 3. The summed E-state index contributed by atoms with van der Waals surface area (Å²) in [6.07, 6.45) is -2.93. The summed E-state index contributed by atoms with van der Waals surface area (Å²) in [5, 5.41) is 0. The lowest BCUT2D eigenvalue weighted by molar-refractivity contribution is -0.274. The van der Waals surface area contributed by atoms with Crippen LogP contribution in [0.1, 0.15) is 11.1 Å². The predicted octanol–water partition coefficient (Wildman–Crippen LogP) is 4.84. The molecule has 0 aliphatic carbocycles. The summed E-state index contributed by atoms with van der Waals surface area (Å²) in [6, 6.07) is 18.2. The van der Waals surface area contributed by atoms with Crippen molar-refractivity contribution in [2.75, 3.05) is 26.2 Å². The molecule has 1 aliphatic rings. The highest BCUT2D eigenvalue weighted by molar-refractivity contribution is 5.79. The van der Waals surface area contributed by atoms with Gasteiger partial charge >= 0.3 is 6.36 Å². The van der Waals surface area contributed by atoms with E-state index in [1.54, 1.807) is 12.3 Å². The second-order valence-corrected chi connectivity index (χ2v) is 8.40. The molecule has 0 radical (unpaired) electrons. The number of rotatable bonds is 6. The topological polar surface area (TPSA) is 57.3 Å². The number of H-pyrrole nitrogens is 1. The Labute approximate surface area is 195 Å². The van der Waals surface area contributed by atoms with Gasteiger partial charge in [0.2, 0.25) is 0 Å². The minimum atomic E-state index is -4.68. The molecule has 0 unspecified atom stereocenters. The molecule has 0 atom stereocenters. The van der Waals surface area contributed by atoms with Gasteiger partial charge in [-0.25, -0.2) is 4.98 Å². The van der Waals surface area contributed by atoms with Crippen molar-refractivity contribution in [3.8, 4) is 17.3 Å². The first kappa shape index (κ1) is 22.4. The van der Waals surface area contributed by atoms with Gasteiger partial charge in [-0.05, 0) is 47.5 Å². The van der Waals surface area contributed by atoms with E-state index < -0.39 is 6.36 Å². The Kier molecular flexibility index (Phi) is 6.21. The molecule has 176 valence electrons. The normalized spacial score (nSPS) is 15.6. The minimum Gasteiger partial charge on any atom is -0.406 e. The highest BCUT2D eigenvalue weighted by Crippen LogP contribution is 2.24. The number of alkyl halides is 3. The zero-order valence-corrected chi connectivity index (χ0v) is 18.4. The van der Waals surface area contributed by atoms with Crippen LogP contribution in [0.4, 0.5) is 13.2 Å². The lowest BCUT2D eigenvalue weighted by Crippen LogP contribution is -2.45. The predicted molar refractivity (Wildman–Crippen MR) is 123 cm³/mol. The molecule has 0 bridgehead atoms. The van der Waals surface area contributed by atoms with E-state index in [9.17, 15) is 13.2 Å². The van der Waals surface area contributed by atoms with E-state index in [1.165, 1.54) is 17.7 Å². The number of hydrogen-bond donors (Lipinski definition) is 1. The summed E-state index contributed by atoms with van der Waals surface area (Å²) < 4.78 is 41.5. The standard InChI is InChI=1S/C25H24F3N5O/c26-25(27,28)34-20-5-3-4-18(14-20)16-32-10-12-33(13-11-32)17-19-7-8-21-23(15-19)31-24(30-21)22-6-1-2-9-29-22/h1-9,14-15H,10-13,16-17H2,(H,30,31). The Hall–Kier alpha value is -3.43. The van der Waals surface area contributed by atoms with Crippen molar-refractivity contribution in [2.24, 2.45) is 0 Å². The highest BCUT2D eigenvalue weighted by atomic mass is 19.4. The number of pyridine rings is 1. The van der Waals surface area contributed by atoms with Crippen molar-refractivity contribution < 1.29 is 17.9 Å². The van der Waals surface area contributed by atoms with Crippen molar-refractivity contribution in [3.63, 3.8) is 0 Å². The summed E-state index contributed by atoms with van der Waals surface area (Å²) >= 11 is 0. The SMILES string of the molecule is FC(F)(F)Oc1cccc(CN2CCN(Cc3ccc4[nH]c(-c5ccccn5)nc4c3)CC2)c1. The van der Waals surface area contributed by atoms with Crippen LogP contribution in [0, 0.1) is 0 Å². The van der Waals surface area contributed by atoms with Crippen molar-refractivity contribution in [3.05, 3.63) is 78.0 Å². The molecule has 34 heavy (non-hydrogen) atoms. The van der Waals surface area contributed by atoms with Gasteiger partial charge in [0.25, 0.3) is 0 Å². The second kappa shape index (κ2) is 9.44. The van der Waals surface area contributed by atoms with Crippen LogP contribution >= 0.6 is 0 Å². The fourth-order valence-electron chi connectivity index (χ4n) is 4.24. The molecular formula is C25H24F3N5O. The van der Waals surface area contributed by atoms with Crippen molar-refractivity contribution in [2.45, 2.75) is 19.5 Å². The van der Waals surface area contributed by atoms with E-state index in [1.807, 2.05) is 24.3 Å². The molecule has 0 saturated carbocycles. The third-order valence-corrected chi connectivity index (χ3v) is 5.86. The van der Waals surface area contributed by atoms with Crippen LogP contribution in [0.15, 0.2) is 66.9 Å². The van der Waals surface area contributed by atoms with E-state index in [2.05, 4.69) is 42.7 Å². The zero-order valence-electron chi connectivity index (χ0n) is 18.4. The van der Waals surface area contributed by atoms with Crippen molar-refractivity contribution in [1.29, 1.82) is 0 Å². The molecule has 3 heterocycles. The molecule has 5 rings (SSSR count). The van der Waals surface area contributed by atoms with Crippen LogP contribution in [-0.4, -0.2) is 57.3 Å². The molecular weight excluding hydrogens is 443 g/mol. The van der Waals surface area contributed by atoms with Crippen LogP contribution in [0.2, 0.25) is 0 Å². The average Bonchev–Trinajstić information content (AvgIpc) is 3.24. The second-order valence-electron chi connectivity index (χ2n) is 8.40. The highest BCUT2D eigenvalue weighted by Gasteiger charge is 2.31. The summed E-state index contributed by atoms with van der Waals surface area (Å²) in [5.74, 6) is 0.578. The molecule has 1 fully saturated rings. The Morgan fingerprint density at radius 2 is 1.59 bits per heavy atom. The molecule has 2 aromatic carbocycles. The zero-order chi connectivity index (χ0) is 23.5. The van der Waals surface area contributed by atoms with Crippen molar-refractivity contribution in [1.82, 2.24) is 24.8 Å². The minimum absolute atomic E-state index is 0.177. The third-order valence-electron chi connectivity index (χ3n) is 5.86. The van der Waals surface area contributed by atoms with Crippen LogP contribution in [0.25, 0.3) is 22.6 Å². The van der Waals surface area contributed by atoms with Gasteiger partial charge in [-0.1, -0.05) is 24.3 Å². The molecule has 6 nitrogen and oxygen atoms in total. The lowest BCUT2D eigenvalue weighted by atomic mass is 10.1. The number of nitrogens with zero attached hydrogens (tertiary/aromatic N) is 4. The molecule has 1 N–H and O–H groups in total. The largest absolute Gasteiger partial charge is 0.573 e. The Bertz CT molecular complexity index is 1250. The van der Waals surface area contributed by atoms with Gasteiger partial charge in [0.05, 0.1) is 11.0 Å².